The molecule has 0 saturated heterocycles. The van der Waals surface area contributed by atoms with E-state index in [-0.39, 0.29) is 11.8 Å². The van der Waals surface area contributed by atoms with E-state index in [9.17, 15) is 9.90 Å². The van der Waals surface area contributed by atoms with Crippen molar-refractivity contribution in [2.45, 2.75) is 51.7 Å². The van der Waals surface area contributed by atoms with Crippen molar-refractivity contribution in [2.75, 3.05) is 37.9 Å². The molecular weight excluding hydrogens is 472 g/mol. The maximum Gasteiger partial charge on any atom is 0.225 e. The fourth-order valence-corrected chi connectivity index (χ4v) is 6.30. The molecule has 1 aromatic carbocycles. The number of aliphatic hydroxyl groups is 1. The van der Waals surface area contributed by atoms with E-state index < -0.39 is 5.60 Å². The van der Waals surface area contributed by atoms with E-state index in [4.69, 9.17) is 0 Å². The second kappa shape index (κ2) is 9.44. The number of nitrogens with zero attached hydrogens (tertiary/aromatic N) is 5. The molecule has 1 aliphatic heterocycles. The lowest BCUT2D eigenvalue weighted by Crippen LogP contribution is -2.32. The maximum absolute atomic E-state index is 12.6. The van der Waals surface area contributed by atoms with Crippen LogP contribution in [0.25, 0.3) is 10.2 Å². The number of hydrogen-bond acceptors (Lipinski definition) is 8. The quantitative estimate of drug-likeness (QED) is 0.500. The van der Waals surface area contributed by atoms with Crippen molar-refractivity contribution in [3.8, 4) is 0 Å². The van der Waals surface area contributed by atoms with Crippen LogP contribution in [0.5, 0.6) is 0 Å². The molecular formula is C27H34N6O2S. The van der Waals surface area contributed by atoms with E-state index in [2.05, 4.69) is 44.4 Å². The van der Waals surface area contributed by atoms with Gasteiger partial charge in [0.25, 0.3) is 0 Å². The molecule has 0 saturated carbocycles. The number of thiophene rings is 1. The summed E-state index contributed by atoms with van der Waals surface area (Å²) in [5, 5.41) is 15.0. The molecule has 1 atom stereocenters. The van der Waals surface area contributed by atoms with Crippen molar-refractivity contribution in [3.63, 3.8) is 0 Å². The standard InChI is InChI=1S/C27H34N6O2S/c1-27(2,35)8-9-33(5)21-11-18-14-28-13-17(18)10-20(21)31-24-23-19-7-6-16(26(34)32(3)4)12-22(19)36-25(23)30-15-29-24/h10-11,13,15-16,35H,6-9,12,14H2,1-5H3,(H,29,30,31)/t16-/m0/s1. The van der Waals surface area contributed by atoms with E-state index in [1.165, 1.54) is 16.0 Å². The van der Waals surface area contributed by atoms with E-state index >= 15 is 0 Å². The van der Waals surface area contributed by atoms with Gasteiger partial charge in [0.05, 0.1) is 28.9 Å². The average Bonchev–Trinajstić information content (AvgIpc) is 3.44. The molecule has 190 valence electrons. The van der Waals surface area contributed by atoms with E-state index in [1.807, 2.05) is 34.2 Å². The van der Waals surface area contributed by atoms with Gasteiger partial charge in [0.2, 0.25) is 5.91 Å². The molecule has 2 N–H and O–H groups in total. The topological polar surface area (TPSA) is 94.0 Å². The summed E-state index contributed by atoms with van der Waals surface area (Å²) in [6.45, 7) is 5.08. The Morgan fingerprint density at radius 1 is 1.25 bits per heavy atom. The van der Waals surface area contributed by atoms with Crippen LogP contribution in [0.2, 0.25) is 0 Å². The van der Waals surface area contributed by atoms with Gasteiger partial charge in [0.15, 0.2) is 0 Å². The van der Waals surface area contributed by atoms with E-state index in [0.29, 0.717) is 19.5 Å². The summed E-state index contributed by atoms with van der Waals surface area (Å²) in [7, 11) is 5.71. The largest absolute Gasteiger partial charge is 0.390 e. The Bertz CT molecular complexity index is 1340. The molecule has 2 aliphatic rings. The highest BCUT2D eigenvalue weighted by Gasteiger charge is 2.30. The number of hydrogen-bond donors (Lipinski definition) is 2. The first kappa shape index (κ1) is 24.6. The molecule has 1 amide bonds. The summed E-state index contributed by atoms with van der Waals surface area (Å²) >= 11 is 1.68. The Morgan fingerprint density at radius 2 is 2.06 bits per heavy atom. The predicted molar refractivity (Wildman–Crippen MR) is 147 cm³/mol. The number of aromatic nitrogens is 2. The van der Waals surface area contributed by atoms with Crippen LogP contribution in [-0.4, -0.2) is 65.4 Å². The van der Waals surface area contributed by atoms with Crippen molar-refractivity contribution in [2.24, 2.45) is 10.9 Å². The lowest BCUT2D eigenvalue weighted by atomic mass is 9.87. The molecule has 1 aliphatic carbocycles. The van der Waals surface area contributed by atoms with E-state index in [0.717, 1.165) is 52.2 Å². The molecule has 8 nitrogen and oxygen atoms in total. The zero-order valence-electron chi connectivity index (χ0n) is 21.6. The van der Waals surface area contributed by atoms with Crippen molar-refractivity contribution >= 4 is 50.9 Å². The van der Waals surface area contributed by atoms with Crippen LogP contribution >= 0.6 is 11.3 Å². The first-order valence-electron chi connectivity index (χ1n) is 12.4. The number of anilines is 3. The monoisotopic (exact) mass is 506 g/mol. The molecule has 3 heterocycles. The summed E-state index contributed by atoms with van der Waals surface area (Å²) in [5.41, 5.74) is 4.85. The SMILES string of the molecule is CN(C)C(=O)[C@H]1CCc2c(sc3ncnc(Nc4cc5c(cc4N(C)CCC(C)(C)O)CN=C5)c23)C1. The Hall–Kier alpha value is -3.04. The third-order valence-electron chi connectivity index (χ3n) is 7.11. The zero-order chi connectivity index (χ0) is 25.6. The van der Waals surface area contributed by atoms with Gasteiger partial charge in [0, 0.05) is 44.7 Å². The highest BCUT2D eigenvalue weighted by molar-refractivity contribution is 7.19. The summed E-state index contributed by atoms with van der Waals surface area (Å²) in [4.78, 5) is 32.4. The van der Waals surface area contributed by atoms with Crippen molar-refractivity contribution in [1.29, 1.82) is 0 Å². The minimum Gasteiger partial charge on any atom is -0.390 e. The van der Waals surface area contributed by atoms with Gasteiger partial charge in [-0.1, -0.05) is 0 Å². The molecule has 0 radical (unpaired) electrons. The van der Waals surface area contributed by atoms with Crippen molar-refractivity contribution < 1.29 is 9.90 Å². The number of carbonyl (C=O) groups excluding carboxylic acids is 1. The minimum absolute atomic E-state index is 0.0250. The van der Waals surface area contributed by atoms with Crippen molar-refractivity contribution in [3.05, 3.63) is 40.0 Å². The van der Waals surface area contributed by atoms with Gasteiger partial charge >= 0.3 is 0 Å². The number of aliphatic imine (C=N–C) groups is 1. The number of rotatable bonds is 7. The third-order valence-corrected chi connectivity index (χ3v) is 8.27. The second-order valence-corrected chi connectivity index (χ2v) is 11.8. The normalized spacial score (nSPS) is 16.7. The van der Waals surface area contributed by atoms with Crippen LogP contribution in [0.3, 0.4) is 0 Å². The average molecular weight is 507 g/mol. The molecule has 0 unspecified atom stereocenters. The Kier molecular flexibility index (Phi) is 6.46. The van der Waals surface area contributed by atoms with Crippen LogP contribution in [0.4, 0.5) is 17.2 Å². The highest BCUT2D eigenvalue weighted by atomic mass is 32.1. The second-order valence-electron chi connectivity index (χ2n) is 10.7. The molecule has 3 aromatic rings. The van der Waals surface area contributed by atoms with Gasteiger partial charge in [-0.3, -0.25) is 9.79 Å². The molecule has 0 bridgehead atoms. The van der Waals surface area contributed by atoms with Gasteiger partial charge in [-0.2, -0.15) is 0 Å². The molecule has 0 fully saturated rings. The number of benzene rings is 1. The Labute approximate surface area is 216 Å². The molecule has 5 rings (SSSR count). The molecule has 0 spiro atoms. The predicted octanol–water partition coefficient (Wildman–Crippen LogP) is 4.16. The summed E-state index contributed by atoms with van der Waals surface area (Å²) < 4.78 is 0. The maximum atomic E-state index is 12.6. The lowest BCUT2D eigenvalue weighted by Gasteiger charge is -2.27. The highest BCUT2D eigenvalue weighted by Crippen LogP contribution is 2.42. The van der Waals surface area contributed by atoms with Crippen LogP contribution in [0, 0.1) is 5.92 Å². The van der Waals surface area contributed by atoms with Crippen LogP contribution in [-0.2, 0) is 24.2 Å². The number of nitrogens with one attached hydrogen (secondary N) is 1. The van der Waals surface area contributed by atoms with Crippen molar-refractivity contribution in [1.82, 2.24) is 14.9 Å². The van der Waals surface area contributed by atoms with Crippen LogP contribution < -0.4 is 10.2 Å². The van der Waals surface area contributed by atoms with Crippen LogP contribution in [0.15, 0.2) is 23.5 Å². The third kappa shape index (κ3) is 4.82. The minimum atomic E-state index is -0.734. The summed E-state index contributed by atoms with van der Waals surface area (Å²) in [5.74, 6) is 1.01. The summed E-state index contributed by atoms with van der Waals surface area (Å²) in [6, 6.07) is 4.33. The van der Waals surface area contributed by atoms with Gasteiger partial charge in [-0.05, 0) is 68.4 Å². The molecule has 2 aromatic heterocycles. The van der Waals surface area contributed by atoms with Gasteiger partial charge < -0.3 is 20.2 Å². The number of amides is 1. The van der Waals surface area contributed by atoms with Gasteiger partial charge in [-0.25, -0.2) is 9.97 Å². The fourth-order valence-electron chi connectivity index (χ4n) is 5.03. The van der Waals surface area contributed by atoms with Gasteiger partial charge in [-0.15, -0.1) is 11.3 Å². The number of carbonyl (C=O) groups is 1. The fraction of sp³-hybridized carbons (Fsp3) is 0.481. The first-order chi connectivity index (χ1) is 17.1. The van der Waals surface area contributed by atoms with Gasteiger partial charge in [0.1, 0.15) is 17.0 Å². The Morgan fingerprint density at radius 3 is 2.81 bits per heavy atom. The number of fused-ring (bicyclic) bond motifs is 4. The lowest BCUT2D eigenvalue weighted by molar-refractivity contribution is -0.133. The first-order valence-corrected chi connectivity index (χ1v) is 13.3. The molecule has 9 heteroatoms. The Balaban J connectivity index is 1.50. The zero-order valence-corrected chi connectivity index (χ0v) is 22.4. The number of aryl methyl sites for hydroxylation is 1. The van der Waals surface area contributed by atoms with Crippen LogP contribution in [0.1, 0.15) is 48.3 Å². The molecule has 36 heavy (non-hydrogen) atoms. The smallest absolute Gasteiger partial charge is 0.225 e. The summed E-state index contributed by atoms with van der Waals surface area (Å²) in [6.07, 6.45) is 6.63. The van der Waals surface area contributed by atoms with E-state index in [1.54, 1.807) is 22.6 Å².